The number of hydrogen-bond donors (Lipinski definition) is 0. The van der Waals surface area contributed by atoms with Gasteiger partial charge in [-0.05, 0) is 6.08 Å². The lowest BCUT2D eigenvalue weighted by Gasteiger charge is -2.06. The summed E-state index contributed by atoms with van der Waals surface area (Å²) < 4.78 is 26.6. The highest BCUT2D eigenvalue weighted by Crippen LogP contribution is 2.16. The lowest BCUT2D eigenvalue weighted by Crippen LogP contribution is -2.15. The second-order valence-electron chi connectivity index (χ2n) is 2.30. The van der Waals surface area contributed by atoms with Crippen LogP contribution in [0.4, 0.5) is 0 Å². The van der Waals surface area contributed by atoms with E-state index in [9.17, 15) is 13.2 Å². The van der Waals surface area contributed by atoms with Crippen molar-refractivity contribution >= 4 is 15.9 Å². The van der Waals surface area contributed by atoms with E-state index in [1.807, 2.05) is 0 Å². The third-order valence-corrected chi connectivity index (χ3v) is 2.72. The summed E-state index contributed by atoms with van der Waals surface area (Å²) in [6.45, 7) is 3.11. The maximum Gasteiger partial charge on any atom is 0.342 e. The topological polar surface area (TPSA) is 60.4 Å². The van der Waals surface area contributed by atoms with Gasteiger partial charge in [0.1, 0.15) is 4.91 Å². The van der Waals surface area contributed by atoms with Gasteiger partial charge in [0, 0.05) is 6.42 Å². The third-order valence-electron chi connectivity index (χ3n) is 1.43. The summed E-state index contributed by atoms with van der Waals surface area (Å²) in [5.74, 6) is -0.468. The number of allylic oxidation sites excluding steroid dienone is 4. The minimum atomic E-state index is -3.94. The van der Waals surface area contributed by atoms with Crippen molar-refractivity contribution < 1.29 is 17.4 Å². The summed E-state index contributed by atoms with van der Waals surface area (Å²) in [6.07, 6.45) is 5.16. The fourth-order valence-corrected chi connectivity index (χ4v) is 1.78. The van der Waals surface area contributed by atoms with Gasteiger partial charge in [0.05, 0.1) is 6.26 Å². The predicted octanol–water partition coefficient (Wildman–Crippen LogP) is 0.889. The summed E-state index contributed by atoms with van der Waals surface area (Å²) >= 11 is 0. The van der Waals surface area contributed by atoms with Gasteiger partial charge in [-0.1, -0.05) is 18.7 Å². The van der Waals surface area contributed by atoms with E-state index in [0.717, 1.165) is 6.26 Å². The molecule has 0 aliphatic heterocycles. The van der Waals surface area contributed by atoms with E-state index in [4.69, 9.17) is 0 Å². The second kappa shape index (κ2) is 3.57. The zero-order valence-corrected chi connectivity index (χ0v) is 7.58. The van der Waals surface area contributed by atoms with E-state index in [0.29, 0.717) is 0 Å². The van der Waals surface area contributed by atoms with Crippen LogP contribution in [-0.2, 0) is 19.1 Å². The predicted molar refractivity (Wildman–Crippen MR) is 47.0 cm³/mol. The van der Waals surface area contributed by atoms with Crippen molar-refractivity contribution in [1.29, 1.82) is 0 Å². The first kappa shape index (κ1) is 9.73. The highest BCUT2D eigenvalue weighted by Gasteiger charge is 2.25. The van der Waals surface area contributed by atoms with E-state index in [-0.39, 0.29) is 11.3 Å². The molecule has 0 saturated heterocycles. The van der Waals surface area contributed by atoms with Crippen molar-refractivity contribution in [2.24, 2.45) is 0 Å². The molecule has 0 heterocycles. The highest BCUT2D eigenvalue weighted by atomic mass is 32.2. The minimum absolute atomic E-state index is 0.0889. The molecule has 70 valence electrons. The normalized spacial score (nSPS) is 16.6. The SMILES string of the molecule is C=COS(=O)(=O)C1=CC=CCC1=O. The molecule has 0 spiro atoms. The van der Waals surface area contributed by atoms with Gasteiger partial charge in [-0.2, -0.15) is 8.42 Å². The zero-order chi connectivity index (χ0) is 9.90. The summed E-state index contributed by atoms with van der Waals surface area (Å²) in [7, 11) is -3.94. The summed E-state index contributed by atoms with van der Waals surface area (Å²) in [5, 5.41) is 0. The lowest BCUT2D eigenvalue weighted by molar-refractivity contribution is -0.114. The molecule has 0 bridgehead atoms. The molecule has 0 amide bonds. The Hall–Kier alpha value is -1.36. The fourth-order valence-electron chi connectivity index (χ4n) is 0.888. The van der Waals surface area contributed by atoms with Crippen molar-refractivity contribution in [2.45, 2.75) is 6.42 Å². The molecule has 1 aliphatic carbocycles. The monoisotopic (exact) mass is 200 g/mol. The van der Waals surface area contributed by atoms with Gasteiger partial charge >= 0.3 is 10.1 Å². The Morgan fingerprint density at radius 3 is 2.77 bits per heavy atom. The zero-order valence-electron chi connectivity index (χ0n) is 6.76. The molecule has 13 heavy (non-hydrogen) atoms. The maximum atomic E-state index is 11.2. The van der Waals surface area contributed by atoms with Crippen LogP contribution >= 0.6 is 0 Å². The molecule has 0 atom stereocenters. The van der Waals surface area contributed by atoms with Gasteiger partial charge in [-0.15, -0.1) is 0 Å². The molecule has 0 aromatic carbocycles. The van der Waals surface area contributed by atoms with Crippen LogP contribution in [0.2, 0.25) is 0 Å². The van der Waals surface area contributed by atoms with E-state index in [2.05, 4.69) is 10.8 Å². The molecule has 0 fully saturated rings. The summed E-state index contributed by atoms with van der Waals surface area (Å²) in [4.78, 5) is 10.8. The van der Waals surface area contributed by atoms with Gasteiger partial charge in [0.15, 0.2) is 5.78 Å². The van der Waals surface area contributed by atoms with Crippen molar-refractivity contribution in [2.75, 3.05) is 0 Å². The standard InChI is InChI=1S/C8H8O4S/c1-2-12-13(10,11)8-6-4-3-5-7(8)9/h2-4,6H,1,5H2. The lowest BCUT2D eigenvalue weighted by atomic mass is 10.2. The molecule has 0 saturated carbocycles. The first-order valence-corrected chi connectivity index (χ1v) is 4.93. The van der Waals surface area contributed by atoms with E-state index >= 15 is 0 Å². The molecule has 1 rings (SSSR count). The van der Waals surface area contributed by atoms with E-state index < -0.39 is 15.9 Å². The number of rotatable bonds is 3. The second-order valence-corrected chi connectivity index (χ2v) is 3.84. The van der Waals surface area contributed by atoms with E-state index in [1.165, 1.54) is 12.2 Å². The maximum absolute atomic E-state index is 11.2. The molecule has 1 aliphatic rings. The van der Waals surface area contributed by atoms with Crippen LogP contribution in [0, 0.1) is 0 Å². The van der Waals surface area contributed by atoms with Crippen LogP contribution in [0.1, 0.15) is 6.42 Å². The van der Waals surface area contributed by atoms with Crippen molar-refractivity contribution in [1.82, 2.24) is 0 Å². The molecule has 4 nitrogen and oxygen atoms in total. The molecular weight excluding hydrogens is 192 g/mol. The van der Waals surface area contributed by atoms with Gasteiger partial charge in [0.2, 0.25) is 0 Å². The molecule has 0 N–H and O–H groups in total. The quantitative estimate of drug-likeness (QED) is 0.501. The van der Waals surface area contributed by atoms with Crippen molar-refractivity contribution in [3.8, 4) is 0 Å². The number of carbonyl (C=O) groups is 1. The average molecular weight is 200 g/mol. The van der Waals surface area contributed by atoms with Crippen molar-refractivity contribution in [3.63, 3.8) is 0 Å². The fraction of sp³-hybridized carbons (Fsp3) is 0.125. The number of Topliss-reactive ketones (excluding diaryl/α,β-unsaturated/α-hetero) is 1. The third kappa shape index (κ3) is 2.06. The molecule has 0 aromatic rings. The largest absolute Gasteiger partial charge is 0.387 e. The molecule has 0 radical (unpaired) electrons. The van der Waals surface area contributed by atoms with Gasteiger partial charge < -0.3 is 4.18 Å². The van der Waals surface area contributed by atoms with Gasteiger partial charge in [0.25, 0.3) is 0 Å². The highest BCUT2D eigenvalue weighted by molar-refractivity contribution is 7.91. The Morgan fingerprint density at radius 1 is 1.54 bits per heavy atom. The van der Waals surface area contributed by atoms with E-state index in [1.54, 1.807) is 6.08 Å². The first-order chi connectivity index (χ1) is 6.08. The molecular formula is C8H8O4S. The molecule has 5 heteroatoms. The Kier molecular flexibility index (Phi) is 2.67. The summed E-state index contributed by atoms with van der Waals surface area (Å²) in [5.41, 5.74) is 0. The van der Waals surface area contributed by atoms with Gasteiger partial charge in [-0.3, -0.25) is 4.79 Å². The Labute approximate surface area is 76.3 Å². The molecule has 0 unspecified atom stereocenters. The Bertz CT molecular complexity index is 386. The first-order valence-electron chi connectivity index (χ1n) is 3.52. The number of hydrogen-bond acceptors (Lipinski definition) is 4. The van der Waals surface area contributed by atoms with Gasteiger partial charge in [-0.25, -0.2) is 0 Å². The van der Waals surface area contributed by atoms with Crippen LogP contribution in [0.15, 0.2) is 36.0 Å². The molecule has 0 aromatic heterocycles. The minimum Gasteiger partial charge on any atom is -0.387 e. The van der Waals surface area contributed by atoms with Crippen LogP contribution < -0.4 is 0 Å². The van der Waals surface area contributed by atoms with Crippen molar-refractivity contribution in [3.05, 3.63) is 36.0 Å². The Morgan fingerprint density at radius 2 is 2.23 bits per heavy atom. The number of carbonyl (C=O) groups excluding carboxylic acids is 1. The van der Waals surface area contributed by atoms with Crippen LogP contribution in [0.25, 0.3) is 0 Å². The summed E-state index contributed by atoms with van der Waals surface area (Å²) in [6, 6.07) is 0. The van der Waals surface area contributed by atoms with Crippen LogP contribution in [0.3, 0.4) is 0 Å². The number of ketones is 1. The Balaban J connectivity index is 3.06. The van der Waals surface area contributed by atoms with Crippen LogP contribution in [0.5, 0.6) is 0 Å². The smallest absolute Gasteiger partial charge is 0.342 e. The average Bonchev–Trinajstić information content (AvgIpc) is 2.04. The van der Waals surface area contributed by atoms with Crippen LogP contribution in [-0.4, -0.2) is 14.2 Å².